The molecule has 4 aromatic carbocycles. The minimum Gasteiger partial charge on any atom is -0.497 e. The molecule has 38 heteroatoms. The molecule has 6 aliphatic heterocycles. The van der Waals surface area contributed by atoms with Crippen molar-refractivity contribution < 1.29 is 128 Å². The Morgan fingerprint density at radius 3 is 1.83 bits per heavy atom. The standard InChI is InChI=1S/C66H88N12O26/c1-27(30-6-4-3-5-7-30)43-59(95)72-35(17-28-9-13-33(14-10-28)100-63-54(92)51(89)56(41(25-82)103-63)104-64-53(91)50(88)55(40(24-81)102-64)99-26-29-8-11-32-18-34(98-2)15-12-31(32)16-29)58(94)76-44(46(84)36-19-70-65(67)74-36)61(97)77-45(60(96)73-37(22-79)57(93)69-21-42(83)75-43)47(85)38-20-71-66(68)78(38)62-52(90)49(87)48(86)39(23-80)101-62/h3-16,18,27,35-41,43-56,62-64,79-82,84-92H,17,19-26H2,1-2H3,(H2,68,71)(H,69,93)(H,72,95)(H,73,96)(H,75,83)(H,76,94)(H,77,97)(H3,67,70,74)/t27-,35+,36-,37-,38-,39+,40+,41+,43-,44-,45+,46-,47-,48+,49-,50+,51+,52-,53-,54-,55+,56+,62-,63-,64+/m0/s1. The number of nitrogens with two attached hydrogens (primary N) is 2. The first-order chi connectivity index (χ1) is 49.7. The maximum atomic E-state index is 15.2. The largest absolute Gasteiger partial charge is 0.497 e. The molecule has 0 aromatic heterocycles. The molecule has 0 saturated carbocycles. The van der Waals surface area contributed by atoms with E-state index in [0.29, 0.717) is 16.9 Å². The molecule has 25 atom stereocenters. The number of carbonyl (C=O) groups excluding carboxylic acids is 6. The van der Waals surface area contributed by atoms with Gasteiger partial charge in [0.2, 0.25) is 41.7 Å². The highest BCUT2D eigenvalue weighted by Gasteiger charge is 2.54. The Bertz CT molecular complexity index is 3700. The maximum absolute atomic E-state index is 15.2. The molecular formula is C66H88N12O26. The number of aliphatic hydroxyl groups excluding tert-OH is 13. The summed E-state index contributed by atoms with van der Waals surface area (Å²) in [7, 11) is 1.55. The first-order valence-electron chi connectivity index (χ1n) is 33.4. The van der Waals surface area contributed by atoms with Gasteiger partial charge >= 0.3 is 0 Å². The van der Waals surface area contributed by atoms with Gasteiger partial charge in [-0.25, -0.2) is 0 Å². The Hall–Kier alpha value is -8.62. The molecule has 10 rings (SSSR count). The number of carbonyl (C=O) groups is 6. The molecule has 38 nitrogen and oxygen atoms in total. The molecule has 0 radical (unpaired) electrons. The van der Waals surface area contributed by atoms with E-state index in [1.807, 2.05) is 24.3 Å². The zero-order chi connectivity index (χ0) is 75.0. The predicted molar refractivity (Wildman–Crippen MR) is 356 cm³/mol. The summed E-state index contributed by atoms with van der Waals surface area (Å²) in [6.45, 7) is -3.97. The van der Waals surface area contributed by atoms with Crippen LogP contribution in [0.3, 0.4) is 0 Å². The maximum Gasteiger partial charge on any atom is 0.246 e. The van der Waals surface area contributed by atoms with Crippen molar-refractivity contribution in [3.63, 3.8) is 0 Å². The van der Waals surface area contributed by atoms with E-state index in [2.05, 4.69) is 47.2 Å². The fourth-order valence-electron chi connectivity index (χ4n) is 13.1. The summed E-state index contributed by atoms with van der Waals surface area (Å²) in [6, 6.07) is 11.8. The third-order valence-corrected chi connectivity index (χ3v) is 19.0. The van der Waals surface area contributed by atoms with Crippen molar-refractivity contribution in [3.8, 4) is 11.5 Å². The Morgan fingerprint density at radius 1 is 0.558 bits per heavy atom. The van der Waals surface area contributed by atoms with Gasteiger partial charge < -0.3 is 153 Å². The van der Waals surface area contributed by atoms with Gasteiger partial charge in [-0.15, -0.1) is 0 Å². The minimum absolute atomic E-state index is 0.0691. The van der Waals surface area contributed by atoms with Crippen molar-refractivity contribution in [3.05, 3.63) is 108 Å². The topological polar surface area (TPSA) is 594 Å². The number of ether oxygens (including phenoxy) is 7. The number of fused-ring (bicyclic) bond motifs is 1. The summed E-state index contributed by atoms with van der Waals surface area (Å²) < 4.78 is 40.6. The first-order valence-corrected chi connectivity index (χ1v) is 33.4. The molecule has 0 unspecified atom stereocenters. The van der Waals surface area contributed by atoms with Crippen LogP contribution in [0.1, 0.15) is 29.5 Å². The smallest absolute Gasteiger partial charge is 0.246 e. The monoisotopic (exact) mass is 1460 g/mol. The third-order valence-electron chi connectivity index (χ3n) is 19.0. The van der Waals surface area contributed by atoms with Crippen LogP contribution in [-0.2, 0) is 65.5 Å². The van der Waals surface area contributed by atoms with Gasteiger partial charge in [0.25, 0.3) is 0 Å². The molecule has 24 N–H and O–H groups in total. The summed E-state index contributed by atoms with van der Waals surface area (Å²) in [5.74, 6) is -8.34. The Labute approximate surface area is 592 Å². The van der Waals surface area contributed by atoms with Crippen LogP contribution < -0.4 is 58.2 Å². The van der Waals surface area contributed by atoms with Crippen molar-refractivity contribution >= 4 is 58.1 Å². The Morgan fingerprint density at radius 2 is 1.15 bits per heavy atom. The van der Waals surface area contributed by atoms with Crippen LogP contribution >= 0.6 is 0 Å². The lowest BCUT2D eigenvalue weighted by molar-refractivity contribution is -0.355. The normalized spacial score (nSPS) is 34.3. The second kappa shape index (κ2) is 34.5. The molecule has 4 fully saturated rings. The van der Waals surface area contributed by atoms with Gasteiger partial charge in [-0.05, 0) is 57.8 Å². The van der Waals surface area contributed by atoms with Crippen LogP contribution in [0, 0.1) is 0 Å². The van der Waals surface area contributed by atoms with Crippen LogP contribution in [0.2, 0.25) is 0 Å². The van der Waals surface area contributed by atoms with Gasteiger partial charge in [-0.2, -0.15) is 0 Å². The van der Waals surface area contributed by atoms with Gasteiger partial charge in [0.05, 0.1) is 71.9 Å². The number of hydrogen-bond acceptors (Lipinski definition) is 32. The van der Waals surface area contributed by atoms with E-state index in [1.165, 1.54) is 24.3 Å². The average molecular weight is 1470 g/mol. The zero-order valence-corrected chi connectivity index (χ0v) is 56.1. The lowest BCUT2D eigenvalue weighted by Gasteiger charge is -2.46. The number of nitrogens with zero attached hydrogens (tertiary/aromatic N) is 3. The molecular weight excluding hydrogens is 1380 g/mol. The van der Waals surface area contributed by atoms with Crippen molar-refractivity contribution in [1.29, 1.82) is 0 Å². The van der Waals surface area contributed by atoms with Crippen molar-refractivity contribution in [1.82, 2.24) is 42.1 Å². The molecule has 568 valence electrons. The molecule has 0 spiro atoms. The van der Waals surface area contributed by atoms with Gasteiger partial charge in [0.15, 0.2) is 24.4 Å². The van der Waals surface area contributed by atoms with E-state index in [1.54, 1.807) is 56.5 Å². The SMILES string of the molecule is COc1ccc2cc(CO[C@H]3[C@H](O)[C@H](O)[C@@H](O[C@H]4[C@H](O)[C@H](O)[C@@H](Oc5ccc(C[C@H]6NC(=O)[C@H]([C@@H](C)c7ccccc7)NC(=O)CNC(=O)[C@H](CO)NC(=O)[C@@H]([C@@H](O)[C@@H]7CN=C(N)N7[C@H]7O[C@H](CO)[C@@H](O)[C@H](O)[C@@H]7O)NC(=O)[C@H]([C@@H](O)[C@@H]7CN=C(N)N7)NC6=O)cc5)O[C@@H]4CO)O[C@@H]3CO)ccc2c1. The number of nitrogens with one attached hydrogen (secondary N) is 7. The summed E-state index contributed by atoms with van der Waals surface area (Å²) in [6.07, 6.45) is -31.0. The lowest BCUT2D eigenvalue weighted by atomic mass is 9.92. The molecule has 4 saturated heterocycles. The van der Waals surface area contributed by atoms with Gasteiger partial charge in [0, 0.05) is 12.3 Å². The first kappa shape index (κ1) is 78.0. The van der Waals surface area contributed by atoms with Gasteiger partial charge in [0.1, 0.15) is 127 Å². The van der Waals surface area contributed by atoms with E-state index in [0.717, 1.165) is 15.7 Å². The van der Waals surface area contributed by atoms with Gasteiger partial charge in [-0.3, -0.25) is 38.8 Å². The summed E-state index contributed by atoms with van der Waals surface area (Å²) in [4.78, 5) is 96.7. The Kier molecular flexibility index (Phi) is 25.9. The number of aliphatic hydroxyl groups is 13. The van der Waals surface area contributed by atoms with Crippen molar-refractivity contribution in [2.75, 3.05) is 53.2 Å². The molecule has 6 aliphatic rings. The van der Waals surface area contributed by atoms with Crippen LogP contribution in [-0.4, -0.2) is 318 Å². The van der Waals surface area contributed by atoms with E-state index in [4.69, 9.17) is 44.6 Å². The molecule has 4 aromatic rings. The van der Waals surface area contributed by atoms with Crippen molar-refractivity contribution in [2.24, 2.45) is 21.5 Å². The lowest BCUT2D eigenvalue weighted by Crippen LogP contribution is -2.70. The number of benzene rings is 4. The fraction of sp³-hybridized carbons (Fsp3) is 0.545. The molecule has 6 heterocycles. The average Bonchev–Trinajstić information content (AvgIpc) is 1.53. The van der Waals surface area contributed by atoms with E-state index in [9.17, 15) is 85.6 Å². The molecule has 6 amide bonds. The second-order valence-corrected chi connectivity index (χ2v) is 25.9. The third kappa shape index (κ3) is 17.5. The number of amides is 6. The number of aliphatic imine (C=N–C) groups is 2. The summed E-state index contributed by atoms with van der Waals surface area (Å²) >= 11 is 0. The van der Waals surface area contributed by atoms with Crippen LogP contribution in [0.5, 0.6) is 11.5 Å². The second-order valence-electron chi connectivity index (χ2n) is 25.9. The predicted octanol–water partition coefficient (Wildman–Crippen LogP) is -10.2. The number of methoxy groups -OCH3 is 1. The number of hydrogen-bond donors (Lipinski definition) is 22. The number of rotatable bonds is 21. The van der Waals surface area contributed by atoms with Gasteiger partial charge in [-0.1, -0.05) is 67.6 Å². The number of guanidine groups is 2. The Balaban J connectivity index is 0.891. The fourth-order valence-corrected chi connectivity index (χ4v) is 13.1. The molecule has 104 heavy (non-hydrogen) atoms. The molecule has 0 aliphatic carbocycles. The highest BCUT2D eigenvalue weighted by Crippen LogP contribution is 2.34. The molecule has 0 bridgehead atoms. The quantitative estimate of drug-likeness (QED) is 0.0368. The van der Waals surface area contributed by atoms with E-state index >= 15 is 9.59 Å². The van der Waals surface area contributed by atoms with Crippen molar-refractivity contribution in [2.45, 2.75) is 172 Å². The highest BCUT2D eigenvalue weighted by molar-refractivity contribution is 5.98. The van der Waals surface area contributed by atoms with Crippen LogP contribution in [0.4, 0.5) is 0 Å². The highest BCUT2D eigenvalue weighted by atomic mass is 16.7. The summed E-state index contributed by atoms with van der Waals surface area (Å²) in [5, 5.41) is 163. The summed E-state index contributed by atoms with van der Waals surface area (Å²) in [5.41, 5.74) is 13.6. The van der Waals surface area contributed by atoms with Crippen LogP contribution in [0.15, 0.2) is 101 Å². The van der Waals surface area contributed by atoms with E-state index < -0.39 is 240 Å². The van der Waals surface area contributed by atoms with E-state index in [-0.39, 0.29) is 30.4 Å². The minimum atomic E-state index is -2.35. The zero-order valence-electron chi connectivity index (χ0n) is 56.1. The van der Waals surface area contributed by atoms with Crippen LogP contribution in [0.25, 0.3) is 10.8 Å².